The topological polar surface area (TPSA) is 91.6 Å². The van der Waals surface area contributed by atoms with Crippen LogP contribution in [0.3, 0.4) is 0 Å². The Balaban J connectivity index is 1.44. The quantitative estimate of drug-likeness (QED) is 0.164. The summed E-state index contributed by atoms with van der Waals surface area (Å²) in [4.78, 5) is 34.4. The lowest BCUT2D eigenvalue weighted by Crippen LogP contribution is -2.31. The van der Waals surface area contributed by atoms with E-state index in [4.69, 9.17) is 4.99 Å². The first-order valence-electron chi connectivity index (χ1n) is 12.1. The molecule has 0 atom stereocenters. The van der Waals surface area contributed by atoms with Crippen LogP contribution in [0.15, 0.2) is 88.9 Å². The maximum absolute atomic E-state index is 13.5. The van der Waals surface area contributed by atoms with Crippen molar-refractivity contribution >= 4 is 51.2 Å². The van der Waals surface area contributed by atoms with E-state index in [0.29, 0.717) is 34.6 Å². The van der Waals surface area contributed by atoms with E-state index in [-0.39, 0.29) is 11.6 Å². The summed E-state index contributed by atoms with van der Waals surface area (Å²) in [5.74, 6) is 0.336. The number of H-pyrrole nitrogens is 1. The number of nitrogens with zero attached hydrogens (tertiary/aromatic N) is 3. The molecule has 1 N–H and O–H groups in total. The number of nitro benzene ring substituents is 1. The third-order valence-electron chi connectivity index (χ3n) is 6.35. The number of fused-ring (bicyclic) bond motifs is 1. The molecule has 37 heavy (non-hydrogen) atoms. The number of aromatic nitrogens is 1. The minimum absolute atomic E-state index is 0.000669. The number of carbonyl (C=O) groups excluding carboxylic acids is 1. The summed E-state index contributed by atoms with van der Waals surface area (Å²) in [5, 5.41) is 12.7. The van der Waals surface area contributed by atoms with Crippen molar-refractivity contribution in [3.8, 4) is 0 Å². The highest BCUT2D eigenvalue weighted by molar-refractivity contribution is 8.18. The van der Waals surface area contributed by atoms with E-state index in [2.05, 4.69) is 37.0 Å². The highest BCUT2D eigenvalue weighted by Gasteiger charge is 2.33. The van der Waals surface area contributed by atoms with Gasteiger partial charge >= 0.3 is 0 Å². The number of aromatic amines is 1. The van der Waals surface area contributed by atoms with Gasteiger partial charge in [-0.1, -0.05) is 56.3 Å². The van der Waals surface area contributed by atoms with Crippen molar-refractivity contribution in [3.63, 3.8) is 0 Å². The van der Waals surface area contributed by atoms with E-state index in [1.807, 2.05) is 42.6 Å². The Labute approximate surface area is 219 Å². The van der Waals surface area contributed by atoms with E-state index < -0.39 is 4.92 Å². The van der Waals surface area contributed by atoms with Gasteiger partial charge in [-0.2, -0.15) is 0 Å². The van der Waals surface area contributed by atoms with Crippen molar-refractivity contribution in [3.05, 3.63) is 111 Å². The van der Waals surface area contributed by atoms with Crippen LogP contribution >= 0.6 is 11.8 Å². The zero-order valence-corrected chi connectivity index (χ0v) is 21.4. The van der Waals surface area contributed by atoms with Crippen molar-refractivity contribution in [1.29, 1.82) is 0 Å². The Morgan fingerprint density at radius 1 is 1.05 bits per heavy atom. The largest absolute Gasteiger partial charge is 0.361 e. The van der Waals surface area contributed by atoms with Crippen LogP contribution in [0.1, 0.15) is 36.5 Å². The second-order valence-corrected chi connectivity index (χ2v) is 10.2. The van der Waals surface area contributed by atoms with Crippen LogP contribution in [0.5, 0.6) is 0 Å². The number of carbonyl (C=O) groups is 1. The number of amidine groups is 1. The Hall–Kier alpha value is -4.17. The Morgan fingerprint density at radius 2 is 1.78 bits per heavy atom. The zero-order chi connectivity index (χ0) is 25.9. The molecule has 0 aliphatic carbocycles. The standard InChI is InChI=1S/C29H26N4O3S/c1-19(2)21-9-7-20(8-10-21)17-27-28(34)32(16-15-22-18-30-26-6-4-3-5-25(22)26)29(37-27)31-23-11-13-24(14-12-23)33(35)36/h3-14,17-19,30H,15-16H2,1-2H3/b27-17-,31-29?. The summed E-state index contributed by atoms with van der Waals surface area (Å²) in [6.07, 6.45) is 4.54. The number of para-hydroxylation sites is 1. The molecular weight excluding hydrogens is 484 g/mol. The SMILES string of the molecule is CC(C)c1ccc(/C=C2\SC(=Nc3ccc([N+](=O)[O-])cc3)N(CCc3c[nH]c4ccccc34)C2=O)cc1. The highest BCUT2D eigenvalue weighted by atomic mass is 32.2. The van der Waals surface area contributed by atoms with Crippen molar-refractivity contribution in [2.75, 3.05) is 6.54 Å². The number of amides is 1. The third kappa shape index (κ3) is 5.34. The fourth-order valence-corrected chi connectivity index (χ4v) is 5.27. The van der Waals surface area contributed by atoms with Gasteiger partial charge < -0.3 is 4.98 Å². The molecule has 1 fully saturated rings. The van der Waals surface area contributed by atoms with Crippen molar-refractivity contribution < 1.29 is 9.72 Å². The molecular formula is C29H26N4O3S. The number of non-ortho nitro benzene ring substituents is 1. The van der Waals surface area contributed by atoms with E-state index in [1.165, 1.54) is 29.5 Å². The molecule has 1 aliphatic heterocycles. The Kier molecular flexibility index (Phi) is 6.92. The van der Waals surface area contributed by atoms with Crippen LogP contribution in [0.4, 0.5) is 11.4 Å². The zero-order valence-electron chi connectivity index (χ0n) is 20.5. The number of hydrogen-bond acceptors (Lipinski definition) is 5. The van der Waals surface area contributed by atoms with Crippen LogP contribution in [-0.4, -0.2) is 32.4 Å². The molecule has 1 amide bonds. The van der Waals surface area contributed by atoms with Gasteiger partial charge in [-0.25, -0.2) is 4.99 Å². The molecule has 0 saturated carbocycles. The van der Waals surface area contributed by atoms with Gasteiger partial charge in [0.25, 0.3) is 11.6 Å². The van der Waals surface area contributed by atoms with Gasteiger partial charge in [-0.05, 0) is 65.1 Å². The molecule has 1 aromatic heterocycles. The molecule has 1 aliphatic rings. The van der Waals surface area contributed by atoms with Crippen LogP contribution < -0.4 is 0 Å². The average Bonchev–Trinajstić information content (AvgIpc) is 3.44. The smallest absolute Gasteiger partial charge is 0.269 e. The fraction of sp³-hybridized carbons (Fsp3) is 0.172. The molecule has 2 heterocycles. The fourth-order valence-electron chi connectivity index (χ4n) is 4.25. The molecule has 186 valence electrons. The van der Waals surface area contributed by atoms with Crippen LogP contribution in [0, 0.1) is 10.1 Å². The number of rotatable bonds is 7. The first-order valence-corrected chi connectivity index (χ1v) is 12.9. The number of nitrogens with one attached hydrogen (secondary N) is 1. The second-order valence-electron chi connectivity index (χ2n) is 9.17. The molecule has 0 bridgehead atoms. The number of nitro groups is 1. The second kappa shape index (κ2) is 10.4. The molecule has 8 heteroatoms. The predicted octanol–water partition coefficient (Wildman–Crippen LogP) is 7.05. The van der Waals surface area contributed by atoms with E-state index in [9.17, 15) is 14.9 Å². The first kappa shape index (κ1) is 24.5. The molecule has 0 unspecified atom stereocenters. The summed E-state index contributed by atoms with van der Waals surface area (Å²) >= 11 is 1.32. The van der Waals surface area contributed by atoms with E-state index in [1.54, 1.807) is 17.0 Å². The number of aliphatic imine (C=N–C) groups is 1. The van der Waals surface area contributed by atoms with Gasteiger partial charge in [0.05, 0.1) is 15.5 Å². The maximum atomic E-state index is 13.5. The minimum atomic E-state index is -0.441. The van der Waals surface area contributed by atoms with Gasteiger partial charge in [0.2, 0.25) is 0 Å². The monoisotopic (exact) mass is 510 g/mol. The summed E-state index contributed by atoms with van der Waals surface area (Å²) in [7, 11) is 0. The maximum Gasteiger partial charge on any atom is 0.269 e. The van der Waals surface area contributed by atoms with E-state index in [0.717, 1.165) is 22.0 Å². The summed E-state index contributed by atoms with van der Waals surface area (Å²) in [5.41, 5.74) is 4.94. The molecule has 5 rings (SSSR count). The molecule has 1 saturated heterocycles. The Bertz CT molecular complexity index is 1520. The predicted molar refractivity (Wildman–Crippen MR) is 150 cm³/mol. The van der Waals surface area contributed by atoms with Crippen LogP contribution in [0.2, 0.25) is 0 Å². The van der Waals surface area contributed by atoms with Gasteiger partial charge in [-0.15, -0.1) is 0 Å². The molecule has 4 aromatic rings. The number of hydrogen-bond donors (Lipinski definition) is 1. The van der Waals surface area contributed by atoms with Gasteiger partial charge in [0.15, 0.2) is 5.17 Å². The molecule has 0 radical (unpaired) electrons. The molecule has 3 aromatic carbocycles. The molecule has 7 nitrogen and oxygen atoms in total. The number of thioether (sulfide) groups is 1. The Morgan fingerprint density at radius 3 is 2.49 bits per heavy atom. The van der Waals surface area contributed by atoms with Crippen LogP contribution in [0.25, 0.3) is 17.0 Å². The highest BCUT2D eigenvalue weighted by Crippen LogP contribution is 2.35. The van der Waals surface area contributed by atoms with Crippen molar-refractivity contribution in [2.45, 2.75) is 26.2 Å². The van der Waals surface area contributed by atoms with Crippen molar-refractivity contribution in [1.82, 2.24) is 9.88 Å². The summed E-state index contributed by atoms with van der Waals surface area (Å²) in [6.45, 7) is 4.76. The lowest BCUT2D eigenvalue weighted by atomic mass is 10.0. The normalized spacial score (nSPS) is 16.0. The summed E-state index contributed by atoms with van der Waals surface area (Å²) < 4.78 is 0. The van der Waals surface area contributed by atoms with E-state index >= 15 is 0 Å². The number of benzene rings is 3. The lowest BCUT2D eigenvalue weighted by Gasteiger charge is -2.15. The van der Waals surface area contributed by atoms with Gasteiger partial charge in [0, 0.05) is 35.8 Å². The third-order valence-corrected chi connectivity index (χ3v) is 7.36. The lowest BCUT2D eigenvalue weighted by molar-refractivity contribution is -0.384. The summed E-state index contributed by atoms with van der Waals surface area (Å²) in [6, 6.07) is 22.4. The first-order chi connectivity index (χ1) is 17.9. The van der Waals surface area contributed by atoms with Gasteiger partial charge in [-0.3, -0.25) is 19.8 Å². The van der Waals surface area contributed by atoms with Gasteiger partial charge in [0.1, 0.15) is 0 Å². The minimum Gasteiger partial charge on any atom is -0.361 e. The average molecular weight is 511 g/mol. The van der Waals surface area contributed by atoms with Crippen LogP contribution in [-0.2, 0) is 11.2 Å². The van der Waals surface area contributed by atoms with Crippen molar-refractivity contribution in [2.24, 2.45) is 4.99 Å². The molecule has 0 spiro atoms.